The SMILES string of the molecule is CO[C@H]1CCOC2(C1)CN(C(=O)c1ccc3c(c1)COC3)C2. The maximum absolute atomic E-state index is 12.6. The Morgan fingerprint density at radius 1 is 1.32 bits per heavy atom. The van der Waals surface area contributed by atoms with E-state index < -0.39 is 0 Å². The van der Waals surface area contributed by atoms with Gasteiger partial charge in [-0.05, 0) is 29.7 Å². The van der Waals surface area contributed by atoms with Gasteiger partial charge in [-0.3, -0.25) is 4.79 Å². The van der Waals surface area contributed by atoms with Crippen LogP contribution in [0.1, 0.15) is 34.3 Å². The molecule has 22 heavy (non-hydrogen) atoms. The summed E-state index contributed by atoms with van der Waals surface area (Å²) in [7, 11) is 1.75. The minimum absolute atomic E-state index is 0.0865. The number of amides is 1. The molecule has 5 heteroatoms. The van der Waals surface area contributed by atoms with Crippen molar-refractivity contribution in [2.45, 2.75) is 37.8 Å². The van der Waals surface area contributed by atoms with Crippen molar-refractivity contribution < 1.29 is 19.0 Å². The molecule has 0 saturated carbocycles. The molecule has 3 heterocycles. The average molecular weight is 303 g/mol. The van der Waals surface area contributed by atoms with E-state index in [2.05, 4.69) is 0 Å². The molecule has 1 aromatic carbocycles. The van der Waals surface area contributed by atoms with Gasteiger partial charge in [-0.25, -0.2) is 0 Å². The Morgan fingerprint density at radius 2 is 2.14 bits per heavy atom. The van der Waals surface area contributed by atoms with Gasteiger partial charge in [0.25, 0.3) is 5.91 Å². The molecule has 0 N–H and O–H groups in total. The minimum atomic E-state index is -0.186. The summed E-state index contributed by atoms with van der Waals surface area (Å²) in [6, 6.07) is 5.87. The number of hydrogen-bond donors (Lipinski definition) is 0. The van der Waals surface area contributed by atoms with Crippen molar-refractivity contribution in [2.24, 2.45) is 0 Å². The maximum Gasteiger partial charge on any atom is 0.254 e. The van der Waals surface area contributed by atoms with Crippen LogP contribution in [0.5, 0.6) is 0 Å². The van der Waals surface area contributed by atoms with Crippen LogP contribution >= 0.6 is 0 Å². The number of carbonyl (C=O) groups is 1. The van der Waals surface area contributed by atoms with E-state index in [1.54, 1.807) is 7.11 Å². The zero-order valence-electron chi connectivity index (χ0n) is 12.8. The van der Waals surface area contributed by atoms with Crippen molar-refractivity contribution in [3.8, 4) is 0 Å². The van der Waals surface area contributed by atoms with Gasteiger partial charge in [-0.15, -0.1) is 0 Å². The smallest absolute Gasteiger partial charge is 0.254 e. The Morgan fingerprint density at radius 3 is 2.95 bits per heavy atom. The van der Waals surface area contributed by atoms with Crippen LogP contribution in [-0.2, 0) is 27.4 Å². The zero-order chi connectivity index (χ0) is 15.2. The summed E-state index contributed by atoms with van der Waals surface area (Å²) >= 11 is 0. The molecule has 3 aliphatic rings. The quantitative estimate of drug-likeness (QED) is 0.835. The zero-order valence-corrected chi connectivity index (χ0v) is 12.8. The Balaban J connectivity index is 1.43. The van der Waals surface area contributed by atoms with Crippen molar-refractivity contribution in [3.05, 3.63) is 34.9 Å². The lowest BCUT2D eigenvalue weighted by Crippen LogP contribution is -2.67. The fourth-order valence-electron chi connectivity index (χ4n) is 3.68. The van der Waals surface area contributed by atoms with Crippen LogP contribution in [0.3, 0.4) is 0 Å². The van der Waals surface area contributed by atoms with Gasteiger partial charge < -0.3 is 19.1 Å². The second kappa shape index (κ2) is 5.33. The van der Waals surface area contributed by atoms with E-state index in [1.807, 2.05) is 23.1 Å². The lowest BCUT2D eigenvalue weighted by atomic mass is 9.84. The first-order valence-corrected chi connectivity index (χ1v) is 7.85. The molecule has 0 aromatic heterocycles. The molecule has 3 aliphatic heterocycles. The first kappa shape index (κ1) is 14.2. The fourth-order valence-corrected chi connectivity index (χ4v) is 3.68. The number of rotatable bonds is 2. The average Bonchev–Trinajstić information content (AvgIpc) is 2.99. The molecule has 118 valence electrons. The fraction of sp³-hybridized carbons (Fsp3) is 0.588. The predicted octanol–water partition coefficient (Wildman–Crippen LogP) is 1.74. The molecule has 1 atom stereocenters. The second-order valence-electron chi connectivity index (χ2n) is 6.52. The molecule has 0 bridgehead atoms. The van der Waals surface area contributed by atoms with Crippen molar-refractivity contribution in [2.75, 3.05) is 26.8 Å². The Kier molecular flexibility index (Phi) is 3.44. The van der Waals surface area contributed by atoms with Crippen LogP contribution in [0, 0.1) is 0 Å². The summed E-state index contributed by atoms with van der Waals surface area (Å²) < 4.78 is 16.8. The second-order valence-corrected chi connectivity index (χ2v) is 6.52. The molecular formula is C17H21NO4. The number of carbonyl (C=O) groups excluding carboxylic acids is 1. The Bertz CT molecular complexity index is 594. The van der Waals surface area contributed by atoms with Gasteiger partial charge in [-0.2, -0.15) is 0 Å². The van der Waals surface area contributed by atoms with Crippen molar-refractivity contribution >= 4 is 5.91 Å². The van der Waals surface area contributed by atoms with Crippen molar-refractivity contribution in [3.63, 3.8) is 0 Å². The van der Waals surface area contributed by atoms with E-state index in [1.165, 1.54) is 5.56 Å². The highest BCUT2D eigenvalue weighted by atomic mass is 16.5. The molecule has 1 aromatic rings. The summed E-state index contributed by atoms with van der Waals surface area (Å²) in [6.45, 7) is 3.32. The largest absolute Gasteiger partial charge is 0.381 e. The molecule has 5 nitrogen and oxygen atoms in total. The monoisotopic (exact) mass is 303 g/mol. The van der Waals surface area contributed by atoms with Crippen LogP contribution in [0.15, 0.2) is 18.2 Å². The number of fused-ring (bicyclic) bond motifs is 1. The Labute approximate surface area is 130 Å². The van der Waals surface area contributed by atoms with Crippen LogP contribution in [0.25, 0.3) is 0 Å². The molecule has 1 spiro atoms. The number of benzene rings is 1. The van der Waals surface area contributed by atoms with Gasteiger partial charge in [-0.1, -0.05) is 6.07 Å². The summed E-state index contributed by atoms with van der Waals surface area (Å²) in [5, 5.41) is 0. The predicted molar refractivity (Wildman–Crippen MR) is 79.6 cm³/mol. The third kappa shape index (κ3) is 2.33. The van der Waals surface area contributed by atoms with Crippen LogP contribution in [0.4, 0.5) is 0 Å². The van der Waals surface area contributed by atoms with Crippen LogP contribution in [-0.4, -0.2) is 49.3 Å². The van der Waals surface area contributed by atoms with Gasteiger partial charge in [0.15, 0.2) is 0 Å². The Hall–Kier alpha value is -1.43. The van der Waals surface area contributed by atoms with E-state index in [4.69, 9.17) is 14.2 Å². The van der Waals surface area contributed by atoms with Crippen LogP contribution < -0.4 is 0 Å². The first-order chi connectivity index (χ1) is 10.7. The molecule has 0 radical (unpaired) electrons. The molecular weight excluding hydrogens is 282 g/mol. The van der Waals surface area contributed by atoms with E-state index in [9.17, 15) is 4.79 Å². The normalized spacial score (nSPS) is 25.9. The third-order valence-corrected chi connectivity index (χ3v) is 4.99. The number of likely N-dealkylation sites (tertiary alicyclic amines) is 1. The van der Waals surface area contributed by atoms with E-state index >= 15 is 0 Å². The third-order valence-electron chi connectivity index (χ3n) is 4.99. The van der Waals surface area contributed by atoms with Crippen molar-refractivity contribution in [1.29, 1.82) is 0 Å². The number of methoxy groups -OCH3 is 1. The van der Waals surface area contributed by atoms with E-state index in [0.717, 1.165) is 30.6 Å². The van der Waals surface area contributed by atoms with E-state index in [0.29, 0.717) is 26.3 Å². The number of nitrogens with zero attached hydrogens (tertiary/aromatic N) is 1. The summed E-state index contributed by atoms with van der Waals surface area (Å²) in [4.78, 5) is 14.5. The molecule has 4 rings (SSSR count). The van der Waals surface area contributed by atoms with Gasteiger partial charge in [0, 0.05) is 25.7 Å². The van der Waals surface area contributed by atoms with Gasteiger partial charge in [0.1, 0.15) is 5.60 Å². The highest BCUT2D eigenvalue weighted by Crippen LogP contribution is 2.36. The van der Waals surface area contributed by atoms with Gasteiger partial charge in [0.05, 0.1) is 32.4 Å². The molecule has 2 fully saturated rings. The van der Waals surface area contributed by atoms with Gasteiger partial charge >= 0.3 is 0 Å². The summed E-state index contributed by atoms with van der Waals surface area (Å²) in [5.41, 5.74) is 2.89. The molecule has 0 aliphatic carbocycles. The summed E-state index contributed by atoms with van der Waals surface area (Å²) in [6.07, 6.45) is 2.07. The van der Waals surface area contributed by atoms with Crippen molar-refractivity contribution in [1.82, 2.24) is 4.90 Å². The van der Waals surface area contributed by atoms with Gasteiger partial charge in [0.2, 0.25) is 0 Å². The summed E-state index contributed by atoms with van der Waals surface area (Å²) in [5.74, 6) is 0.0865. The van der Waals surface area contributed by atoms with Crippen LogP contribution in [0.2, 0.25) is 0 Å². The minimum Gasteiger partial charge on any atom is -0.381 e. The molecule has 1 amide bonds. The van der Waals surface area contributed by atoms with E-state index in [-0.39, 0.29) is 17.6 Å². The standard InChI is InChI=1S/C17H21NO4/c1-20-15-4-5-22-17(7-15)10-18(11-17)16(19)12-2-3-13-8-21-9-14(13)6-12/h2-3,6,15H,4-5,7-11H2,1H3/t15-/m0/s1. The number of ether oxygens (including phenoxy) is 3. The highest BCUT2D eigenvalue weighted by molar-refractivity contribution is 5.95. The first-order valence-electron chi connectivity index (χ1n) is 7.85. The molecule has 2 saturated heterocycles. The maximum atomic E-state index is 12.6. The lowest BCUT2D eigenvalue weighted by Gasteiger charge is -2.52. The topological polar surface area (TPSA) is 48.0 Å². The molecule has 0 unspecified atom stereocenters. The number of hydrogen-bond acceptors (Lipinski definition) is 4. The lowest BCUT2D eigenvalue weighted by molar-refractivity contribution is -0.181. The highest BCUT2D eigenvalue weighted by Gasteiger charge is 2.49.